The zero-order valence-electron chi connectivity index (χ0n) is 11.6. The molecule has 4 heterocycles. The van der Waals surface area contributed by atoms with E-state index in [0.29, 0.717) is 12.8 Å². The van der Waals surface area contributed by atoms with Crippen molar-refractivity contribution in [3.63, 3.8) is 0 Å². The van der Waals surface area contributed by atoms with Gasteiger partial charge in [-0.3, -0.25) is 0 Å². The fraction of sp³-hybridized carbons (Fsp3) is 0.625. The van der Waals surface area contributed by atoms with Crippen molar-refractivity contribution in [3.8, 4) is 11.5 Å². The SMILES string of the molecule is c1c2c(cc3c1C1OC4CCC5NCCC35C4O1)OCO2. The molecule has 110 valence electrons. The van der Waals surface area contributed by atoms with E-state index in [9.17, 15) is 0 Å². The van der Waals surface area contributed by atoms with Crippen molar-refractivity contribution in [1.82, 2.24) is 5.32 Å². The molecule has 1 N–H and O–H groups in total. The lowest BCUT2D eigenvalue weighted by Crippen LogP contribution is -2.57. The molecule has 0 aromatic heterocycles. The minimum atomic E-state index is -0.227. The summed E-state index contributed by atoms with van der Waals surface area (Å²) in [5.74, 6) is 1.69. The van der Waals surface area contributed by atoms with Gasteiger partial charge in [-0.2, -0.15) is 0 Å². The van der Waals surface area contributed by atoms with Gasteiger partial charge in [0.2, 0.25) is 6.79 Å². The minimum absolute atomic E-state index is 0.0478. The predicted molar refractivity (Wildman–Crippen MR) is 72.4 cm³/mol. The second kappa shape index (κ2) is 3.54. The molecule has 5 unspecified atom stereocenters. The molecule has 2 bridgehead atoms. The molecule has 6 rings (SSSR count). The summed E-state index contributed by atoms with van der Waals surface area (Å²) in [5.41, 5.74) is 2.56. The van der Waals surface area contributed by atoms with Gasteiger partial charge in [-0.15, -0.1) is 0 Å². The molecule has 5 nitrogen and oxygen atoms in total. The van der Waals surface area contributed by atoms with Gasteiger partial charge in [0.1, 0.15) is 0 Å². The molecule has 1 aromatic rings. The number of rotatable bonds is 0. The summed E-state index contributed by atoms with van der Waals surface area (Å²) in [4.78, 5) is 0. The van der Waals surface area contributed by atoms with Gasteiger partial charge in [-0.05, 0) is 43.5 Å². The van der Waals surface area contributed by atoms with E-state index in [1.165, 1.54) is 5.56 Å². The van der Waals surface area contributed by atoms with Crippen LogP contribution in [0.15, 0.2) is 12.1 Å². The van der Waals surface area contributed by atoms with Crippen molar-refractivity contribution in [2.24, 2.45) is 0 Å². The standard InChI is InChI=1S/C16H17NO4/c1-2-13-16(3-4-17-13)9-6-12-11(18-7-19-12)5-8(9)15-20-10(1)14(16)21-15/h5-6,10,13-15,17H,1-4,7H2. The number of nitrogens with one attached hydrogen (secondary N) is 1. The quantitative estimate of drug-likeness (QED) is 0.785. The Hall–Kier alpha value is -1.30. The largest absolute Gasteiger partial charge is 0.454 e. The molecule has 5 atom stereocenters. The van der Waals surface area contributed by atoms with E-state index in [1.807, 2.05) is 0 Å². The first-order chi connectivity index (χ1) is 10.4. The second-order valence-corrected chi connectivity index (χ2v) is 6.73. The van der Waals surface area contributed by atoms with Gasteiger partial charge in [-0.1, -0.05) is 0 Å². The first-order valence-corrected chi connectivity index (χ1v) is 7.84. The normalized spacial score (nSPS) is 44.6. The van der Waals surface area contributed by atoms with Gasteiger partial charge >= 0.3 is 0 Å². The highest BCUT2D eigenvalue weighted by Gasteiger charge is 2.63. The van der Waals surface area contributed by atoms with Gasteiger partial charge < -0.3 is 24.3 Å². The lowest BCUT2D eigenvalue weighted by atomic mass is 9.62. The third-order valence-electron chi connectivity index (χ3n) is 6.01. The van der Waals surface area contributed by atoms with Crippen molar-refractivity contribution in [2.75, 3.05) is 13.3 Å². The Morgan fingerprint density at radius 1 is 1.10 bits per heavy atom. The Morgan fingerprint density at radius 3 is 2.95 bits per heavy atom. The molecule has 5 aliphatic rings. The highest BCUT2D eigenvalue weighted by atomic mass is 16.7. The van der Waals surface area contributed by atoms with E-state index in [0.717, 1.165) is 42.9 Å². The summed E-state index contributed by atoms with van der Waals surface area (Å²) < 4.78 is 23.7. The van der Waals surface area contributed by atoms with Crippen LogP contribution in [0.3, 0.4) is 0 Å². The van der Waals surface area contributed by atoms with Crippen LogP contribution in [0.4, 0.5) is 0 Å². The fourth-order valence-corrected chi connectivity index (χ4v) is 5.17. The third kappa shape index (κ3) is 1.17. The van der Waals surface area contributed by atoms with Crippen LogP contribution in [0.25, 0.3) is 0 Å². The molecular weight excluding hydrogens is 270 g/mol. The van der Waals surface area contributed by atoms with E-state index in [1.54, 1.807) is 0 Å². The molecule has 0 radical (unpaired) electrons. The van der Waals surface area contributed by atoms with Crippen LogP contribution in [-0.2, 0) is 14.9 Å². The molecular formula is C16H17NO4. The Labute approximate surface area is 122 Å². The van der Waals surface area contributed by atoms with Crippen molar-refractivity contribution < 1.29 is 18.9 Å². The van der Waals surface area contributed by atoms with Crippen LogP contribution in [0.1, 0.15) is 36.7 Å². The Bertz CT molecular complexity index is 647. The molecule has 1 spiro atoms. The maximum atomic E-state index is 6.30. The maximum absolute atomic E-state index is 6.30. The molecule has 3 fully saturated rings. The first kappa shape index (κ1) is 11.3. The van der Waals surface area contributed by atoms with Gasteiger partial charge in [0, 0.05) is 17.0 Å². The Morgan fingerprint density at radius 2 is 2.00 bits per heavy atom. The van der Waals surface area contributed by atoms with E-state index >= 15 is 0 Å². The average Bonchev–Trinajstić information content (AvgIpc) is 3.20. The second-order valence-electron chi connectivity index (χ2n) is 6.73. The molecule has 1 aromatic carbocycles. The molecule has 2 saturated heterocycles. The summed E-state index contributed by atoms with van der Waals surface area (Å²) >= 11 is 0. The highest BCUT2D eigenvalue weighted by Crippen LogP contribution is 2.59. The lowest BCUT2D eigenvalue weighted by molar-refractivity contribution is -0.0897. The summed E-state index contributed by atoms with van der Waals surface area (Å²) in [6, 6.07) is 4.75. The van der Waals surface area contributed by atoms with Crippen molar-refractivity contribution >= 4 is 0 Å². The minimum Gasteiger partial charge on any atom is -0.454 e. The molecule has 0 amide bonds. The maximum Gasteiger partial charge on any atom is 0.231 e. The number of hydrogen-bond acceptors (Lipinski definition) is 5. The third-order valence-corrected chi connectivity index (χ3v) is 6.01. The van der Waals surface area contributed by atoms with Crippen LogP contribution >= 0.6 is 0 Å². The number of ether oxygens (including phenoxy) is 4. The van der Waals surface area contributed by atoms with Gasteiger partial charge in [0.25, 0.3) is 0 Å². The number of benzene rings is 1. The summed E-state index contributed by atoms with van der Waals surface area (Å²) in [6.45, 7) is 1.36. The van der Waals surface area contributed by atoms with Crippen LogP contribution in [-0.4, -0.2) is 31.6 Å². The van der Waals surface area contributed by atoms with Crippen molar-refractivity contribution in [2.45, 2.75) is 49.2 Å². The van der Waals surface area contributed by atoms with E-state index in [-0.39, 0.29) is 23.9 Å². The van der Waals surface area contributed by atoms with Crippen LogP contribution < -0.4 is 14.8 Å². The average molecular weight is 287 g/mol. The molecule has 5 heteroatoms. The summed E-state index contributed by atoms with van der Waals surface area (Å²) in [6.07, 6.45) is 3.54. The van der Waals surface area contributed by atoms with Crippen LogP contribution in [0.2, 0.25) is 0 Å². The van der Waals surface area contributed by atoms with Gasteiger partial charge in [0.15, 0.2) is 17.8 Å². The van der Waals surface area contributed by atoms with E-state index < -0.39 is 0 Å². The van der Waals surface area contributed by atoms with Crippen LogP contribution in [0, 0.1) is 0 Å². The molecule has 1 aliphatic carbocycles. The summed E-state index contributed by atoms with van der Waals surface area (Å²) in [7, 11) is 0. The molecule has 4 aliphatic heterocycles. The lowest BCUT2D eigenvalue weighted by Gasteiger charge is -2.47. The highest BCUT2D eigenvalue weighted by molar-refractivity contribution is 5.55. The smallest absolute Gasteiger partial charge is 0.231 e. The van der Waals surface area contributed by atoms with E-state index in [2.05, 4.69) is 17.4 Å². The number of hydrogen-bond donors (Lipinski definition) is 1. The van der Waals surface area contributed by atoms with Crippen molar-refractivity contribution in [3.05, 3.63) is 23.3 Å². The summed E-state index contributed by atoms with van der Waals surface area (Å²) in [5, 5.41) is 3.69. The zero-order valence-corrected chi connectivity index (χ0v) is 11.6. The fourth-order valence-electron chi connectivity index (χ4n) is 5.17. The first-order valence-electron chi connectivity index (χ1n) is 7.84. The topological polar surface area (TPSA) is 49.0 Å². The Kier molecular flexibility index (Phi) is 1.90. The number of fused-ring (bicyclic) bond motifs is 4. The molecule has 1 saturated carbocycles. The van der Waals surface area contributed by atoms with Crippen molar-refractivity contribution in [1.29, 1.82) is 0 Å². The van der Waals surface area contributed by atoms with Crippen LogP contribution in [0.5, 0.6) is 11.5 Å². The Balaban J connectivity index is 1.65. The molecule has 21 heavy (non-hydrogen) atoms. The zero-order chi connectivity index (χ0) is 13.6. The van der Waals surface area contributed by atoms with Gasteiger partial charge in [-0.25, -0.2) is 0 Å². The van der Waals surface area contributed by atoms with E-state index in [4.69, 9.17) is 18.9 Å². The predicted octanol–water partition coefficient (Wildman–Crippen LogP) is 1.60. The van der Waals surface area contributed by atoms with Gasteiger partial charge in [0.05, 0.1) is 12.2 Å². The monoisotopic (exact) mass is 287 g/mol.